The summed E-state index contributed by atoms with van der Waals surface area (Å²) in [6.45, 7) is 4.59. The molecule has 3 aromatic rings. The van der Waals surface area contributed by atoms with Crippen LogP contribution in [0.4, 0.5) is 4.39 Å². The first kappa shape index (κ1) is 22.2. The number of benzene rings is 1. The molecule has 1 amide bonds. The van der Waals surface area contributed by atoms with E-state index in [1.54, 1.807) is 19.2 Å². The van der Waals surface area contributed by atoms with E-state index in [1.807, 2.05) is 32.0 Å². The maximum absolute atomic E-state index is 13.3. The smallest absolute Gasteiger partial charge is 0.331 e. The van der Waals surface area contributed by atoms with E-state index in [9.17, 15) is 19.1 Å². The largest absolute Gasteiger partial charge is 0.394 e. The number of aliphatic hydroxyl groups excluding tert-OH is 1. The molecular formula is C24H29FN4O3. The Bertz CT molecular complexity index is 1220. The van der Waals surface area contributed by atoms with Crippen molar-refractivity contribution in [3.8, 4) is 11.1 Å². The van der Waals surface area contributed by atoms with E-state index in [0.717, 1.165) is 29.5 Å². The summed E-state index contributed by atoms with van der Waals surface area (Å²) in [6, 6.07) is 7.59. The van der Waals surface area contributed by atoms with Gasteiger partial charge in [0.05, 0.1) is 24.2 Å². The minimum atomic E-state index is -0.845. The van der Waals surface area contributed by atoms with Gasteiger partial charge in [-0.25, -0.2) is 14.2 Å². The van der Waals surface area contributed by atoms with E-state index in [0.29, 0.717) is 23.1 Å². The molecule has 0 saturated heterocycles. The Morgan fingerprint density at radius 2 is 2.09 bits per heavy atom. The van der Waals surface area contributed by atoms with Crippen LogP contribution in [0.3, 0.4) is 0 Å². The van der Waals surface area contributed by atoms with Gasteiger partial charge >= 0.3 is 5.69 Å². The molecule has 1 aliphatic carbocycles. The average molecular weight is 441 g/mol. The Hall–Kier alpha value is -3.00. The highest BCUT2D eigenvalue weighted by atomic mass is 19.1. The van der Waals surface area contributed by atoms with Crippen LogP contribution in [0.25, 0.3) is 22.3 Å². The highest BCUT2D eigenvalue weighted by Gasteiger charge is 2.30. The molecule has 1 aromatic carbocycles. The van der Waals surface area contributed by atoms with Crippen LogP contribution < -0.4 is 11.0 Å². The van der Waals surface area contributed by atoms with Crippen molar-refractivity contribution in [1.29, 1.82) is 0 Å². The van der Waals surface area contributed by atoms with Gasteiger partial charge in [-0.3, -0.25) is 13.9 Å². The van der Waals surface area contributed by atoms with Crippen molar-refractivity contribution in [2.45, 2.75) is 58.2 Å². The van der Waals surface area contributed by atoms with Gasteiger partial charge in [-0.2, -0.15) is 0 Å². The summed E-state index contributed by atoms with van der Waals surface area (Å²) in [7, 11) is 0. The van der Waals surface area contributed by atoms with Gasteiger partial charge in [0.1, 0.15) is 6.67 Å². The second-order valence-corrected chi connectivity index (χ2v) is 8.81. The third-order valence-electron chi connectivity index (χ3n) is 6.45. The van der Waals surface area contributed by atoms with Crippen LogP contribution >= 0.6 is 0 Å². The number of pyridine rings is 1. The highest BCUT2D eigenvalue weighted by Crippen LogP contribution is 2.29. The molecular weight excluding hydrogens is 411 g/mol. The number of nitrogens with zero attached hydrogens (tertiary/aromatic N) is 3. The number of halogens is 1. The number of rotatable bonds is 8. The van der Waals surface area contributed by atoms with Crippen LogP contribution in [0.5, 0.6) is 0 Å². The molecule has 170 valence electrons. The zero-order chi connectivity index (χ0) is 23.0. The van der Waals surface area contributed by atoms with Crippen LogP contribution in [0.1, 0.15) is 49.0 Å². The maximum atomic E-state index is 13.3. The molecule has 2 heterocycles. The van der Waals surface area contributed by atoms with Crippen LogP contribution in [-0.4, -0.2) is 44.5 Å². The van der Waals surface area contributed by atoms with Crippen LogP contribution in [0, 0.1) is 6.92 Å². The fourth-order valence-corrected chi connectivity index (χ4v) is 3.98. The quantitative estimate of drug-likeness (QED) is 0.563. The SMILES string of the molecule is CCC(C)(CO)n1c(=O)n(CCF)c2cc(-c3cc(C(=O)NC4CC4)ccc3C)cnc21. The first-order valence-corrected chi connectivity index (χ1v) is 11.0. The summed E-state index contributed by atoms with van der Waals surface area (Å²) in [5.41, 5.74) is 2.77. The van der Waals surface area contributed by atoms with Crippen molar-refractivity contribution in [2.75, 3.05) is 13.3 Å². The first-order chi connectivity index (χ1) is 15.3. The molecule has 2 N–H and O–H groups in total. The van der Waals surface area contributed by atoms with Gasteiger partial charge in [-0.15, -0.1) is 0 Å². The summed E-state index contributed by atoms with van der Waals surface area (Å²) in [5, 5.41) is 13.0. The maximum Gasteiger partial charge on any atom is 0.331 e. The Morgan fingerprint density at radius 1 is 1.34 bits per heavy atom. The molecule has 0 bridgehead atoms. The number of carbonyl (C=O) groups excluding carboxylic acids is 1. The number of nitrogens with one attached hydrogen (secondary N) is 1. The average Bonchev–Trinajstić information content (AvgIpc) is 3.57. The lowest BCUT2D eigenvalue weighted by Gasteiger charge is -2.27. The Morgan fingerprint density at radius 3 is 2.72 bits per heavy atom. The lowest BCUT2D eigenvalue weighted by molar-refractivity contribution is 0.0951. The van der Waals surface area contributed by atoms with Gasteiger partial charge in [0.15, 0.2) is 5.65 Å². The van der Waals surface area contributed by atoms with Gasteiger partial charge < -0.3 is 10.4 Å². The molecule has 7 nitrogen and oxygen atoms in total. The summed E-state index contributed by atoms with van der Waals surface area (Å²) in [4.78, 5) is 30.3. The van der Waals surface area contributed by atoms with Crippen LogP contribution in [0.2, 0.25) is 0 Å². The number of aryl methyl sites for hydroxylation is 2. The molecule has 32 heavy (non-hydrogen) atoms. The zero-order valence-corrected chi connectivity index (χ0v) is 18.7. The Balaban J connectivity index is 1.86. The zero-order valence-electron chi connectivity index (χ0n) is 18.7. The first-order valence-electron chi connectivity index (χ1n) is 11.0. The number of hydrogen-bond donors (Lipinski definition) is 2. The Labute approximate surface area is 185 Å². The van der Waals surface area contributed by atoms with E-state index in [1.165, 1.54) is 9.13 Å². The summed E-state index contributed by atoms with van der Waals surface area (Å²) >= 11 is 0. The van der Waals surface area contributed by atoms with E-state index in [4.69, 9.17) is 0 Å². The van der Waals surface area contributed by atoms with E-state index < -0.39 is 17.9 Å². The van der Waals surface area contributed by atoms with Gasteiger partial charge in [-0.1, -0.05) is 13.0 Å². The van der Waals surface area contributed by atoms with Gasteiger partial charge in [0, 0.05) is 23.4 Å². The molecule has 0 spiro atoms. The number of aliphatic hydroxyl groups is 1. The van der Waals surface area contributed by atoms with E-state index in [2.05, 4.69) is 10.3 Å². The fraction of sp³-hybridized carbons (Fsp3) is 0.458. The van der Waals surface area contributed by atoms with Crippen molar-refractivity contribution >= 4 is 17.1 Å². The van der Waals surface area contributed by atoms with Crippen LogP contribution in [0.15, 0.2) is 35.3 Å². The molecule has 2 aromatic heterocycles. The molecule has 0 radical (unpaired) electrons. The van der Waals surface area contributed by atoms with Gasteiger partial charge in [0.2, 0.25) is 0 Å². The van der Waals surface area contributed by atoms with Gasteiger partial charge in [-0.05, 0) is 62.4 Å². The summed E-state index contributed by atoms with van der Waals surface area (Å²) in [5.74, 6) is -0.107. The van der Waals surface area contributed by atoms with Crippen LogP contribution in [-0.2, 0) is 12.1 Å². The predicted octanol–water partition coefficient (Wildman–Crippen LogP) is 3.15. The molecule has 1 unspecified atom stereocenters. The number of hydrogen-bond acceptors (Lipinski definition) is 4. The van der Waals surface area contributed by atoms with Crippen molar-refractivity contribution in [2.24, 2.45) is 0 Å². The minimum Gasteiger partial charge on any atom is -0.394 e. The molecule has 8 heteroatoms. The normalized spacial score (nSPS) is 15.7. The number of carbonyl (C=O) groups is 1. The minimum absolute atomic E-state index is 0.0957. The van der Waals surface area contributed by atoms with E-state index in [-0.39, 0.29) is 25.1 Å². The molecule has 1 saturated carbocycles. The van der Waals surface area contributed by atoms with Crippen molar-refractivity contribution in [1.82, 2.24) is 19.4 Å². The number of fused-ring (bicyclic) bond motifs is 1. The summed E-state index contributed by atoms with van der Waals surface area (Å²) < 4.78 is 16.1. The number of amides is 1. The lowest BCUT2D eigenvalue weighted by atomic mass is 9.98. The summed E-state index contributed by atoms with van der Waals surface area (Å²) in [6.07, 6.45) is 4.20. The number of aromatic nitrogens is 3. The monoisotopic (exact) mass is 440 g/mol. The molecule has 1 atom stereocenters. The number of alkyl halides is 1. The molecule has 1 aliphatic rings. The van der Waals surface area contributed by atoms with Gasteiger partial charge in [0.25, 0.3) is 5.91 Å². The highest BCUT2D eigenvalue weighted by molar-refractivity contribution is 5.96. The molecule has 1 fully saturated rings. The predicted molar refractivity (Wildman–Crippen MR) is 122 cm³/mol. The second kappa shape index (κ2) is 8.50. The second-order valence-electron chi connectivity index (χ2n) is 8.81. The third kappa shape index (κ3) is 3.83. The van der Waals surface area contributed by atoms with E-state index >= 15 is 0 Å². The molecule has 0 aliphatic heterocycles. The Kier molecular flexibility index (Phi) is 5.90. The third-order valence-corrected chi connectivity index (χ3v) is 6.45. The van der Waals surface area contributed by atoms with Crippen molar-refractivity contribution < 1.29 is 14.3 Å². The van der Waals surface area contributed by atoms with Crippen molar-refractivity contribution in [3.05, 3.63) is 52.1 Å². The standard InChI is InChI=1S/C24H29FN4O3/c1-4-24(3,14-30)29-21-20(28(10-9-25)23(29)32)12-17(13-26-21)19-11-16(6-5-15(19)2)22(31)27-18-7-8-18/h5-6,11-13,18,30H,4,7-10,14H2,1-3H3,(H,27,31). The lowest BCUT2D eigenvalue weighted by Crippen LogP contribution is -2.41. The molecule has 4 rings (SSSR count). The topological polar surface area (TPSA) is 89.2 Å². The van der Waals surface area contributed by atoms with Crippen molar-refractivity contribution in [3.63, 3.8) is 0 Å². The number of imidazole rings is 1. The fourth-order valence-electron chi connectivity index (χ4n) is 3.98.